The SMILES string of the molecule is COC1CCC([C@H]2CCN(C(C)(C)C)[C@@H]2C)CC1. The third-order valence-electron chi connectivity index (χ3n) is 5.33. The molecule has 1 heterocycles. The summed E-state index contributed by atoms with van der Waals surface area (Å²) in [6.07, 6.45) is 7.26. The van der Waals surface area contributed by atoms with Crippen molar-refractivity contribution in [3.63, 3.8) is 0 Å². The fourth-order valence-electron chi connectivity index (χ4n) is 4.29. The monoisotopic (exact) mass is 253 g/mol. The molecule has 2 aliphatic rings. The molecule has 2 nitrogen and oxygen atoms in total. The van der Waals surface area contributed by atoms with Gasteiger partial charge < -0.3 is 4.74 Å². The van der Waals surface area contributed by atoms with E-state index in [0.29, 0.717) is 11.6 Å². The number of likely N-dealkylation sites (tertiary alicyclic amines) is 1. The number of ether oxygens (including phenoxy) is 1. The minimum absolute atomic E-state index is 0.331. The Labute approximate surface area is 113 Å². The summed E-state index contributed by atoms with van der Waals surface area (Å²) in [6.45, 7) is 10.8. The highest BCUT2D eigenvalue weighted by atomic mass is 16.5. The van der Waals surface area contributed by atoms with E-state index in [1.165, 1.54) is 38.6 Å². The quantitative estimate of drug-likeness (QED) is 0.744. The molecule has 0 aromatic heterocycles. The number of nitrogens with zero attached hydrogens (tertiary/aromatic N) is 1. The molecule has 1 saturated heterocycles. The lowest BCUT2D eigenvalue weighted by molar-refractivity contribution is 0.0372. The first-order valence-corrected chi connectivity index (χ1v) is 7.73. The van der Waals surface area contributed by atoms with E-state index in [4.69, 9.17) is 4.74 Å². The van der Waals surface area contributed by atoms with E-state index in [0.717, 1.165) is 17.9 Å². The summed E-state index contributed by atoms with van der Waals surface area (Å²) in [5, 5.41) is 0. The van der Waals surface area contributed by atoms with Gasteiger partial charge in [-0.2, -0.15) is 0 Å². The van der Waals surface area contributed by atoms with Crippen molar-refractivity contribution in [1.82, 2.24) is 4.90 Å². The average Bonchev–Trinajstić information content (AvgIpc) is 2.71. The Morgan fingerprint density at radius 3 is 2.06 bits per heavy atom. The summed E-state index contributed by atoms with van der Waals surface area (Å²) in [5.41, 5.74) is 0.331. The molecule has 2 fully saturated rings. The van der Waals surface area contributed by atoms with E-state index in [1.807, 2.05) is 7.11 Å². The Morgan fingerprint density at radius 2 is 1.61 bits per heavy atom. The van der Waals surface area contributed by atoms with Crippen LogP contribution in [-0.2, 0) is 4.74 Å². The van der Waals surface area contributed by atoms with E-state index in [1.54, 1.807) is 0 Å². The molecule has 0 bridgehead atoms. The van der Waals surface area contributed by atoms with Gasteiger partial charge in [0.2, 0.25) is 0 Å². The summed E-state index contributed by atoms with van der Waals surface area (Å²) in [4.78, 5) is 2.71. The van der Waals surface area contributed by atoms with Crippen LogP contribution in [0.3, 0.4) is 0 Å². The second-order valence-electron chi connectivity index (χ2n) is 7.33. The maximum absolute atomic E-state index is 5.49. The minimum Gasteiger partial charge on any atom is -0.381 e. The second-order valence-corrected chi connectivity index (χ2v) is 7.33. The fraction of sp³-hybridized carbons (Fsp3) is 1.00. The first kappa shape index (κ1) is 14.3. The molecule has 0 N–H and O–H groups in total. The Bertz CT molecular complexity index is 263. The number of methoxy groups -OCH3 is 1. The van der Waals surface area contributed by atoms with Gasteiger partial charge in [0.15, 0.2) is 0 Å². The van der Waals surface area contributed by atoms with Gasteiger partial charge in [0.1, 0.15) is 0 Å². The van der Waals surface area contributed by atoms with Crippen LogP contribution in [0.25, 0.3) is 0 Å². The van der Waals surface area contributed by atoms with Crippen LogP contribution in [0.2, 0.25) is 0 Å². The number of hydrogen-bond donors (Lipinski definition) is 0. The van der Waals surface area contributed by atoms with E-state index in [-0.39, 0.29) is 0 Å². The zero-order valence-corrected chi connectivity index (χ0v) is 12.9. The van der Waals surface area contributed by atoms with Crippen LogP contribution < -0.4 is 0 Å². The summed E-state index contributed by atoms with van der Waals surface area (Å²) < 4.78 is 5.49. The molecule has 1 saturated carbocycles. The van der Waals surface area contributed by atoms with Gasteiger partial charge in [0.05, 0.1) is 6.10 Å². The third kappa shape index (κ3) is 2.91. The number of rotatable bonds is 2. The van der Waals surface area contributed by atoms with Gasteiger partial charge in [-0.3, -0.25) is 4.90 Å². The topological polar surface area (TPSA) is 12.5 Å². The molecule has 0 aromatic carbocycles. The lowest BCUT2D eigenvalue weighted by atomic mass is 9.76. The van der Waals surface area contributed by atoms with Crippen molar-refractivity contribution in [2.24, 2.45) is 11.8 Å². The molecule has 0 unspecified atom stereocenters. The Kier molecular flexibility index (Phi) is 4.38. The molecule has 106 valence electrons. The largest absolute Gasteiger partial charge is 0.381 e. The lowest BCUT2D eigenvalue weighted by Gasteiger charge is -2.39. The van der Waals surface area contributed by atoms with Crippen LogP contribution in [0.15, 0.2) is 0 Å². The van der Waals surface area contributed by atoms with E-state index < -0.39 is 0 Å². The smallest absolute Gasteiger partial charge is 0.0571 e. The van der Waals surface area contributed by atoms with Gasteiger partial charge >= 0.3 is 0 Å². The fourth-order valence-corrected chi connectivity index (χ4v) is 4.29. The van der Waals surface area contributed by atoms with Gasteiger partial charge in [0, 0.05) is 18.7 Å². The van der Waals surface area contributed by atoms with E-state index >= 15 is 0 Å². The molecule has 18 heavy (non-hydrogen) atoms. The van der Waals surface area contributed by atoms with Crippen molar-refractivity contribution in [3.8, 4) is 0 Å². The Balaban J connectivity index is 1.92. The van der Waals surface area contributed by atoms with Gasteiger partial charge in [0.25, 0.3) is 0 Å². The minimum atomic E-state index is 0.331. The third-order valence-corrected chi connectivity index (χ3v) is 5.33. The van der Waals surface area contributed by atoms with Crippen LogP contribution in [0.5, 0.6) is 0 Å². The maximum atomic E-state index is 5.49. The number of hydrogen-bond acceptors (Lipinski definition) is 2. The summed E-state index contributed by atoms with van der Waals surface area (Å²) >= 11 is 0. The highest BCUT2D eigenvalue weighted by Gasteiger charge is 2.41. The average molecular weight is 253 g/mol. The molecule has 0 radical (unpaired) electrons. The molecule has 1 aliphatic carbocycles. The molecule has 2 heteroatoms. The predicted octanol–water partition coefficient (Wildman–Crippen LogP) is 3.70. The van der Waals surface area contributed by atoms with E-state index in [2.05, 4.69) is 32.6 Å². The predicted molar refractivity (Wildman–Crippen MR) is 76.8 cm³/mol. The molecule has 2 rings (SSSR count). The molecule has 0 spiro atoms. The Morgan fingerprint density at radius 1 is 1.00 bits per heavy atom. The normalized spacial score (nSPS) is 39.2. The van der Waals surface area contributed by atoms with Gasteiger partial charge in [-0.1, -0.05) is 0 Å². The van der Waals surface area contributed by atoms with Crippen LogP contribution >= 0.6 is 0 Å². The zero-order chi connectivity index (χ0) is 13.3. The first-order chi connectivity index (χ1) is 8.43. The highest BCUT2D eigenvalue weighted by Crippen LogP contribution is 2.41. The van der Waals surface area contributed by atoms with Gasteiger partial charge in [-0.15, -0.1) is 0 Å². The van der Waals surface area contributed by atoms with Gasteiger partial charge in [-0.25, -0.2) is 0 Å². The van der Waals surface area contributed by atoms with Crippen molar-refractivity contribution in [1.29, 1.82) is 0 Å². The van der Waals surface area contributed by atoms with Crippen molar-refractivity contribution in [2.45, 2.75) is 77.5 Å². The maximum Gasteiger partial charge on any atom is 0.0571 e. The molecule has 0 aromatic rings. The van der Waals surface area contributed by atoms with Crippen molar-refractivity contribution in [3.05, 3.63) is 0 Å². The molecule has 2 atom stereocenters. The molecule has 0 amide bonds. The van der Waals surface area contributed by atoms with E-state index in [9.17, 15) is 0 Å². The summed E-state index contributed by atoms with van der Waals surface area (Å²) in [7, 11) is 1.87. The molecular formula is C16H31NO. The summed E-state index contributed by atoms with van der Waals surface area (Å²) in [6, 6.07) is 0.758. The van der Waals surface area contributed by atoms with Crippen molar-refractivity contribution >= 4 is 0 Å². The van der Waals surface area contributed by atoms with Crippen LogP contribution in [-0.4, -0.2) is 36.2 Å². The Hall–Kier alpha value is -0.0800. The van der Waals surface area contributed by atoms with Crippen LogP contribution in [0.4, 0.5) is 0 Å². The standard InChI is InChI=1S/C16H31NO/c1-12-15(10-11-17(12)16(2,3)4)13-6-8-14(18-5)9-7-13/h12-15H,6-11H2,1-5H3/t12-,13?,14?,15+/m1/s1. The molecule has 1 aliphatic heterocycles. The molecular weight excluding hydrogens is 222 g/mol. The summed E-state index contributed by atoms with van der Waals surface area (Å²) in [5.74, 6) is 1.86. The van der Waals surface area contributed by atoms with Crippen molar-refractivity contribution in [2.75, 3.05) is 13.7 Å². The lowest BCUT2D eigenvalue weighted by Crippen LogP contribution is -2.45. The van der Waals surface area contributed by atoms with Crippen LogP contribution in [0.1, 0.15) is 59.8 Å². The second kappa shape index (κ2) is 5.50. The van der Waals surface area contributed by atoms with Gasteiger partial charge in [-0.05, 0) is 78.2 Å². The first-order valence-electron chi connectivity index (χ1n) is 7.73. The van der Waals surface area contributed by atoms with Crippen molar-refractivity contribution < 1.29 is 4.74 Å². The zero-order valence-electron chi connectivity index (χ0n) is 12.9. The van der Waals surface area contributed by atoms with Crippen LogP contribution in [0, 0.1) is 11.8 Å². The highest BCUT2D eigenvalue weighted by molar-refractivity contribution is 4.94.